The molecule has 1 aromatic heterocycles. The molecule has 0 atom stereocenters. The van der Waals surface area contributed by atoms with Crippen molar-refractivity contribution in [1.29, 1.82) is 0 Å². The van der Waals surface area contributed by atoms with Crippen molar-refractivity contribution in [2.24, 2.45) is 5.73 Å². The normalized spacial score (nSPS) is 11.3. The molecule has 0 fully saturated rings. The van der Waals surface area contributed by atoms with Crippen molar-refractivity contribution < 1.29 is 0 Å². The summed E-state index contributed by atoms with van der Waals surface area (Å²) in [4.78, 5) is 8.17. The molecule has 0 aliphatic carbocycles. The van der Waals surface area contributed by atoms with Crippen LogP contribution >= 0.6 is 0 Å². The van der Waals surface area contributed by atoms with E-state index in [1.54, 1.807) is 25.6 Å². The van der Waals surface area contributed by atoms with E-state index in [2.05, 4.69) is 15.3 Å². The van der Waals surface area contributed by atoms with Crippen LogP contribution in [-0.2, 0) is 0 Å². The Balaban J connectivity index is 2.95. The molecule has 0 spiro atoms. The lowest BCUT2D eigenvalue weighted by atomic mass is 10.3. The van der Waals surface area contributed by atoms with E-state index < -0.39 is 0 Å². The highest BCUT2D eigenvalue weighted by molar-refractivity contribution is 5.57. The average molecular weight is 164 g/mol. The van der Waals surface area contributed by atoms with Gasteiger partial charge in [-0.3, -0.25) is 4.98 Å². The summed E-state index contributed by atoms with van der Waals surface area (Å²) in [5.41, 5.74) is 7.82. The van der Waals surface area contributed by atoms with Crippen molar-refractivity contribution in [2.75, 3.05) is 7.05 Å². The van der Waals surface area contributed by atoms with E-state index in [-0.39, 0.29) is 0 Å². The second-order valence-corrected chi connectivity index (χ2v) is 2.43. The Bertz CT molecular complexity index is 293. The summed E-state index contributed by atoms with van der Waals surface area (Å²) in [5, 5.41) is 2.83. The molecular weight excluding hydrogens is 152 g/mol. The van der Waals surface area contributed by atoms with Gasteiger partial charge in [0.2, 0.25) is 0 Å². The van der Waals surface area contributed by atoms with Gasteiger partial charge < -0.3 is 11.1 Å². The number of nitrogens with one attached hydrogen (secondary N) is 1. The summed E-state index contributed by atoms with van der Waals surface area (Å²) in [5.74, 6) is 0. The Morgan fingerprint density at radius 1 is 1.58 bits per heavy atom. The van der Waals surface area contributed by atoms with E-state index in [0.29, 0.717) is 11.4 Å². The number of hydrogen-bond acceptors (Lipinski definition) is 4. The number of nitrogens with two attached hydrogens (primary N) is 1. The molecule has 1 heterocycles. The van der Waals surface area contributed by atoms with Crippen LogP contribution in [0.25, 0.3) is 5.70 Å². The molecule has 0 radical (unpaired) electrons. The third-order valence-electron chi connectivity index (χ3n) is 1.35. The van der Waals surface area contributed by atoms with Crippen molar-refractivity contribution in [3.63, 3.8) is 0 Å². The summed E-state index contributed by atoms with van der Waals surface area (Å²) in [6.07, 6.45) is 5.01. The van der Waals surface area contributed by atoms with Gasteiger partial charge in [-0.05, 0) is 6.92 Å². The maximum absolute atomic E-state index is 5.67. The number of aromatic nitrogens is 2. The fourth-order valence-electron chi connectivity index (χ4n) is 0.832. The lowest BCUT2D eigenvalue weighted by Gasteiger charge is -2.00. The third kappa shape index (κ3) is 1.95. The highest BCUT2D eigenvalue weighted by Crippen LogP contribution is 2.02. The van der Waals surface area contributed by atoms with Gasteiger partial charge in [0.05, 0.1) is 17.6 Å². The van der Waals surface area contributed by atoms with Crippen molar-refractivity contribution in [2.45, 2.75) is 6.92 Å². The van der Waals surface area contributed by atoms with E-state index in [1.807, 2.05) is 6.92 Å². The van der Waals surface area contributed by atoms with Gasteiger partial charge in [0, 0.05) is 19.4 Å². The standard InChI is InChI=1S/C8H12N4/c1-6-3-11-5-8(12-6)7(9)4-10-2/h3-5,10H,9H2,1-2H3/b7-4-. The van der Waals surface area contributed by atoms with Crippen LogP contribution in [0, 0.1) is 6.92 Å². The predicted octanol–water partition coefficient (Wildman–Crippen LogP) is 0.262. The zero-order chi connectivity index (χ0) is 8.97. The zero-order valence-electron chi connectivity index (χ0n) is 7.20. The van der Waals surface area contributed by atoms with E-state index in [9.17, 15) is 0 Å². The van der Waals surface area contributed by atoms with E-state index in [0.717, 1.165) is 5.69 Å². The molecule has 12 heavy (non-hydrogen) atoms. The second-order valence-electron chi connectivity index (χ2n) is 2.43. The van der Waals surface area contributed by atoms with E-state index in [4.69, 9.17) is 5.73 Å². The van der Waals surface area contributed by atoms with Gasteiger partial charge >= 0.3 is 0 Å². The summed E-state index contributed by atoms with van der Waals surface area (Å²) < 4.78 is 0. The Labute approximate surface area is 71.5 Å². The molecule has 0 amide bonds. The molecule has 0 saturated heterocycles. The lowest BCUT2D eigenvalue weighted by Crippen LogP contribution is -2.05. The summed E-state index contributed by atoms with van der Waals surface area (Å²) in [7, 11) is 1.79. The Morgan fingerprint density at radius 3 is 2.92 bits per heavy atom. The molecule has 1 aromatic rings. The Hall–Kier alpha value is -1.58. The van der Waals surface area contributed by atoms with Crippen LogP contribution in [0.15, 0.2) is 18.6 Å². The van der Waals surface area contributed by atoms with Gasteiger partial charge in [-0.15, -0.1) is 0 Å². The first-order valence-corrected chi connectivity index (χ1v) is 3.66. The van der Waals surface area contributed by atoms with Crippen LogP contribution in [0.3, 0.4) is 0 Å². The van der Waals surface area contributed by atoms with Crippen LogP contribution in [0.2, 0.25) is 0 Å². The minimum absolute atomic E-state index is 0.591. The smallest absolute Gasteiger partial charge is 0.106 e. The lowest BCUT2D eigenvalue weighted by molar-refractivity contribution is 1.06. The van der Waals surface area contributed by atoms with Gasteiger partial charge in [0.25, 0.3) is 0 Å². The SMILES string of the molecule is CN/C=C(\N)c1cncc(C)n1. The molecule has 0 aliphatic heterocycles. The van der Waals surface area contributed by atoms with Crippen molar-refractivity contribution in [3.05, 3.63) is 30.0 Å². The average Bonchev–Trinajstić information content (AvgIpc) is 2.05. The quantitative estimate of drug-likeness (QED) is 0.658. The van der Waals surface area contributed by atoms with E-state index >= 15 is 0 Å². The first-order chi connectivity index (χ1) is 5.74. The van der Waals surface area contributed by atoms with Crippen LogP contribution in [-0.4, -0.2) is 17.0 Å². The molecule has 0 saturated carbocycles. The monoisotopic (exact) mass is 164 g/mol. The maximum Gasteiger partial charge on any atom is 0.106 e. The molecule has 0 unspecified atom stereocenters. The van der Waals surface area contributed by atoms with Gasteiger partial charge in [-0.25, -0.2) is 4.98 Å². The number of aryl methyl sites for hydroxylation is 1. The Morgan fingerprint density at radius 2 is 2.33 bits per heavy atom. The molecule has 0 aromatic carbocycles. The van der Waals surface area contributed by atoms with Gasteiger partial charge in [-0.2, -0.15) is 0 Å². The minimum Gasteiger partial charge on any atom is -0.396 e. The maximum atomic E-state index is 5.67. The summed E-state index contributed by atoms with van der Waals surface area (Å²) in [6, 6.07) is 0. The zero-order valence-corrected chi connectivity index (χ0v) is 7.20. The first-order valence-electron chi connectivity index (χ1n) is 3.66. The fraction of sp³-hybridized carbons (Fsp3) is 0.250. The number of hydrogen-bond donors (Lipinski definition) is 2. The molecule has 0 aliphatic rings. The van der Waals surface area contributed by atoms with Crippen LogP contribution < -0.4 is 11.1 Å². The highest BCUT2D eigenvalue weighted by Gasteiger charge is 1.97. The van der Waals surface area contributed by atoms with E-state index in [1.165, 1.54) is 0 Å². The van der Waals surface area contributed by atoms with Gasteiger partial charge in [-0.1, -0.05) is 0 Å². The predicted molar refractivity (Wildman–Crippen MR) is 48.0 cm³/mol. The third-order valence-corrected chi connectivity index (χ3v) is 1.35. The largest absolute Gasteiger partial charge is 0.396 e. The highest BCUT2D eigenvalue weighted by atomic mass is 14.9. The van der Waals surface area contributed by atoms with Crippen LogP contribution in [0.5, 0.6) is 0 Å². The molecule has 4 heteroatoms. The second kappa shape index (κ2) is 3.71. The van der Waals surface area contributed by atoms with Crippen molar-refractivity contribution in [1.82, 2.24) is 15.3 Å². The van der Waals surface area contributed by atoms with Gasteiger partial charge in [0.1, 0.15) is 5.69 Å². The van der Waals surface area contributed by atoms with Crippen LogP contribution in [0.4, 0.5) is 0 Å². The molecule has 1 rings (SSSR count). The molecule has 4 nitrogen and oxygen atoms in total. The van der Waals surface area contributed by atoms with Crippen molar-refractivity contribution >= 4 is 5.70 Å². The summed E-state index contributed by atoms with van der Waals surface area (Å²) >= 11 is 0. The first kappa shape index (κ1) is 8.52. The number of nitrogens with zero attached hydrogens (tertiary/aromatic N) is 2. The van der Waals surface area contributed by atoms with Crippen molar-refractivity contribution in [3.8, 4) is 0 Å². The fourth-order valence-corrected chi connectivity index (χ4v) is 0.832. The molecule has 0 bridgehead atoms. The Kier molecular flexibility index (Phi) is 2.63. The molecule has 64 valence electrons. The van der Waals surface area contributed by atoms with Crippen LogP contribution in [0.1, 0.15) is 11.4 Å². The number of rotatable bonds is 2. The van der Waals surface area contributed by atoms with Gasteiger partial charge in [0.15, 0.2) is 0 Å². The summed E-state index contributed by atoms with van der Waals surface area (Å²) in [6.45, 7) is 1.88. The molecule has 3 N–H and O–H groups in total. The topological polar surface area (TPSA) is 63.8 Å². The minimum atomic E-state index is 0.591. The molecular formula is C8H12N4.